The summed E-state index contributed by atoms with van der Waals surface area (Å²) in [5, 5.41) is 10.5. The third-order valence-electron chi connectivity index (χ3n) is 4.44. The summed E-state index contributed by atoms with van der Waals surface area (Å²) >= 11 is 0. The molecule has 6 nitrogen and oxygen atoms in total. The van der Waals surface area contributed by atoms with Crippen molar-refractivity contribution >= 4 is 17.0 Å². The van der Waals surface area contributed by atoms with E-state index >= 15 is 0 Å². The Balaban J connectivity index is 2.07. The third kappa shape index (κ3) is 3.64. The van der Waals surface area contributed by atoms with Gasteiger partial charge in [0.2, 0.25) is 0 Å². The van der Waals surface area contributed by atoms with Crippen LogP contribution in [0.2, 0.25) is 0 Å². The minimum absolute atomic E-state index is 0.0575. The van der Waals surface area contributed by atoms with Crippen molar-refractivity contribution in [2.24, 2.45) is 0 Å². The molecule has 1 atom stereocenters. The van der Waals surface area contributed by atoms with Crippen LogP contribution in [0.25, 0.3) is 11.0 Å². The Hall–Kier alpha value is -2.93. The van der Waals surface area contributed by atoms with Gasteiger partial charge in [0.05, 0.1) is 35.9 Å². The molecule has 2 aromatic carbocycles. The molecular formula is C20H21FN2O4. The lowest BCUT2D eigenvalue weighted by molar-refractivity contribution is 0.0526. The molecule has 0 saturated heterocycles. The van der Waals surface area contributed by atoms with Crippen molar-refractivity contribution in [2.45, 2.75) is 33.0 Å². The van der Waals surface area contributed by atoms with E-state index in [-0.39, 0.29) is 18.8 Å². The molecule has 0 aliphatic carbocycles. The first-order valence-corrected chi connectivity index (χ1v) is 8.80. The van der Waals surface area contributed by atoms with Crippen LogP contribution in [-0.2, 0) is 17.8 Å². The Morgan fingerprint density at radius 1 is 1.15 bits per heavy atom. The molecule has 3 rings (SSSR count). The fourth-order valence-corrected chi connectivity index (χ4v) is 3.14. The molecule has 7 heteroatoms. The maximum Gasteiger partial charge on any atom is 0.338 e. The smallest absolute Gasteiger partial charge is 0.338 e. The van der Waals surface area contributed by atoms with E-state index in [1.54, 1.807) is 35.8 Å². The first-order valence-electron chi connectivity index (χ1n) is 8.80. The number of fused-ring (bicyclic) bond motifs is 1. The molecule has 0 fully saturated rings. The van der Waals surface area contributed by atoms with Gasteiger partial charge in [-0.2, -0.15) is 0 Å². The molecule has 0 spiro atoms. The topological polar surface area (TPSA) is 73.5 Å². The molecule has 3 aromatic rings. The Kier molecular flexibility index (Phi) is 5.41. The lowest BCUT2D eigenvalue weighted by Crippen LogP contribution is -2.26. The number of rotatable bonds is 6. The second-order valence-corrected chi connectivity index (χ2v) is 6.13. The Bertz CT molecular complexity index is 1040. The number of benzene rings is 2. The van der Waals surface area contributed by atoms with Crippen LogP contribution >= 0.6 is 0 Å². The van der Waals surface area contributed by atoms with Crippen molar-refractivity contribution in [3.05, 3.63) is 69.9 Å². The van der Waals surface area contributed by atoms with Crippen LogP contribution in [-0.4, -0.2) is 26.8 Å². The zero-order valence-electron chi connectivity index (χ0n) is 15.2. The number of hydrogen-bond donors (Lipinski definition) is 1. The van der Waals surface area contributed by atoms with Gasteiger partial charge in [-0.15, -0.1) is 0 Å². The fraction of sp³-hybridized carbons (Fsp3) is 0.300. The summed E-state index contributed by atoms with van der Waals surface area (Å²) in [5.41, 5.74) is 1.57. The maximum atomic E-state index is 13.4. The van der Waals surface area contributed by atoms with Gasteiger partial charge >= 0.3 is 11.7 Å². The molecule has 0 aliphatic heterocycles. The predicted octanol–water partition coefficient (Wildman–Crippen LogP) is 2.87. The van der Waals surface area contributed by atoms with Crippen LogP contribution in [0.1, 0.15) is 35.9 Å². The van der Waals surface area contributed by atoms with E-state index in [9.17, 15) is 19.1 Å². The first-order chi connectivity index (χ1) is 13.0. The van der Waals surface area contributed by atoms with Crippen LogP contribution in [0.4, 0.5) is 4.39 Å². The number of halogens is 1. The molecule has 1 aromatic heterocycles. The first kappa shape index (κ1) is 18.8. The summed E-state index contributed by atoms with van der Waals surface area (Å²) in [6.07, 6.45) is -1.07. The minimum atomic E-state index is -1.07. The maximum absolute atomic E-state index is 13.4. The minimum Gasteiger partial charge on any atom is -0.462 e. The number of carbonyl (C=O) groups is 1. The predicted molar refractivity (Wildman–Crippen MR) is 99.2 cm³/mol. The number of aliphatic hydroxyl groups excluding tert-OH is 1. The SMILES string of the molecule is CCOC(=O)c1ccc2c(c1)n(C[C@@H](O)c1cccc(F)c1)c(=O)n2CC. The van der Waals surface area contributed by atoms with Crippen molar-refractivity contribution in [3.8, 4) is 0 Å². The van der Waals surface area contributed by atoms with E-state index in [1.807, 2.05) is 6.92 Å². The molecule has 0 saturated carbocycles. The quantitative estimate of drug-likeness (QED) is 0.676. The van der Waals surface area contributed by atoms with Gasteiger partial charge in [0, 0.05) is 6.54 Å². The largest absolute Gasteiger partial charge is 0.462 e. The van der Waals surface area contributed by atoms with Crippen LogP contribution in [0.15, 0.2) is 47.3 Å². The Labute approximate surface area is 155 Å². The number of carbonyl (C=O) groups excluding carboxylic acids is 1. The number of nitrogens with zero attached hydrogens (tertiary/aromatic N) is 2. The van der Waals surface area contributed by atoms with Gasteiger partial charge in [-0.25, -0.2) is 14.0 Å². The second kappa shape index (κ2) is 7.75. The van der Waals surface area contributed by atoms with E-state index in [0.29, 0.717) is 28.7 Å². The lowest BCUT2D eigenvalue weighted by atomic mass is 10.1. The van der Waals surface area contributed by atoms with Crippen molar-refractivity contribution in [1.82, 2.24) is 9.13 Å². The van der Waals surface area contributed by atoms with E-state index in [0.717, 1.165) is 0 Å². The molecular weight excluding hydrogens is 351 g/mol. The van der Waals surface area contributed by atoms with Crippen LogP contribution in [0.3, 0.4) is 0 Å². The Morgan fingerprint density at radius 2 is 1.93 bits per heavy atom. The number of ether oxygens (including phenoxy) is 1. The molecule has 142 valence electrons. The van der Waals surface area contributed by atoms with E-state index in [4.69, 9.17) is 4.74 Å². The van der Waals surface area contributed by atoms with Crippen LogP contribution < -0.4 is 5.69 Å². The number of aliphatic hydroxyl groups is 1. The van der Waals surface area contributed by atoms with Gasteiger partial charge in [0.25, 0.3) is 0 Å². The number of aromatic nitrogens is 2. The molecule has 0 radical (unpaired) electrons. The highest BCUT2D eigenvalue weighted by Crippen LogP contribution is 2.21. The van der Waals surface area contributed by atoms with Gasteiger partial charge in [-0.1, -0.05) is 12.1 Å². The second-order valence-electron chi connectivity index (χ2n) is 6.13. The average Bonchev–Trinajstić information content (AvgIpc) is 2.92. The van der Waals surface area contributed by atoms with E-state index in [2.05, 4.69) is 0 Å². The molecule has 0 aliphatic rings. The summed E-state index contributed by atoms with van der Waals surface area (Å²) in [4.78, 5) is 24.8. The summed E-state index contributed by atoms with van der Waals surface area (Å²) in [7, 11) is 0. The van der Waals surface area contributed by atoms with Crippen molar-refractivity contribution < 1.29 is 19.0 Å². The third-order valence-corrected chi connectivity index (χ3v) is 4.44. The van der Waals surface area contributed by atoms with Crippen molar-refractivity contribution in [2.75, 3.05) is 6.61 Å². The molecule has 0 amide bonds. The molecule has 0 unspecified atom stereocenters. The van der Waals surface area contributed by atoms with Crippen LogP contribution in [0.5, 0.6) is 0 Å². The van der Waals surface area contributed by atoms with Gasteiger partial charge in [-0.05, 0) is 49.7 Å². The highest BCUT2D eigenvalue weighted by atomic mass is 19.1. The zero-order chi connectivity index (χ0) is 19.6. The summed E-state index contributed by atoms with van der Waals surface area (Å²) in [6.45, 7) is 4.19. The standard InChI is InChI=1S/C20H21FN2O4/c1-3-22-16-9-8-14(19(25)27-4-2)11-17(16)23(20(22)26)12-18(24)13-6-5-7-15(21)10-13/h5-11,18,24H,3-4,12H2,1-2H3/t18-/m1/s1. The summed E-state index contributed by atoms with van der Waals surface area (Å²) in [5.74, 6) is -0.937. The number of imidazole rings is 1. The monoisotopic (exact) mass is 372 g/mol. The Morgan fingerprint density at radius 3 is 2.59 bits per heavy atom. The van der Waals surface area contributed by atoms with Gasteiger partial charge in [-0.3, -0.25) is 9.13 Å². The normalized spacial score (nSPS) is 12.3. The highest BCUT2D eigenvalue weighted by Gasteiger charge is 2.18. The fourth-order valence-electron chi connectivity index (χ4n) is 3.14. The van der Waals surface area contributed by atoms with Crippen molar-refractivity contribution in [3.63, 3.8) is 0 Å². The zero-order valence-corrected chi connectivity index (χ0v) is 15.2. The highest BCUT2D eigenvalue weighted by molar-refractivity contribution is 5.93. The number of hydrogen-bond acceptors (Lipinski definition) is 4. The van der Waals surface area contributed by atoms with E-state index < -0.39 is 17.9 Å². The van der Waals surface area contributed by atoms with Gasteiger partial charge in [0.1, 0.15) is 5.82 Å². The van der Waals surface area contributed by atoms with Gasteiger partial charge in [0.15, 0.2) is 0 Å². The van der Waals surface area contributed by atoms with Crippen molar-refractivity contribution in [1.29, 1.82) is 0 Å². The molecule has 27 heavy (non-hydrogen) atoms. The molecule has 0 bridgehead atoms. The molecule has 1 heterocycles. The van der Waals surface area contributed by atoms with Crippen LogP contribution in [0, 0.1) is 5.82 Å². The number of esters is 1. The summed E-state index contributed by atoms with van der Waals surface area (Å²) in [6, 6.07) is 10.5. The summed E-state index contributed by atoms with van der Waals surface area (Å²) < 4.78 is 21.4. The average molecular weight is 372 g/mol. The lowest BCUT2D eigenvalue weighted by Gasteiger charge is -2.12. The molecule has 1 N–H and O–H groups in total. The number of aryl methyl sites for hydroxylation is 1. The van der Waals surface area contributed by atoms with Gasteiger partial charge < -0.3 is 9.84 Å². The van der Waals surface area contributed by atoms with E-state index in [1.165, 1.54) is 22.8 Å².